The summed E-state index contributed by atoms with van der Waals surface area (Å²) in [5.74, 6) is 0.796. The van der Waals surface area contributed by atoms with Gasteiger partial charge in [0.2, 0.25) is 0 Å². The second kappa shape index (κ2) is 8.08. The van der Waals surface area contributed by atoms with Gasteiger partial charge in [0.1, 0.15) is 5.75 Å². The van der Waals surface area contributed by atoms with Crippen molar-refractivity contribution in [3.63, 3.8) is 0 Å². The molecule has 0 aliphatic carbocycles. The van der Waals surface area contributed by atoms with Gasteiger partial charge in [0, 0.05) is 6.54 Å². The maximum absolute atomic E-state index is 11.7. The van der Waals surface area contributed by atoms with Gasteiger partial charge in [0.05, 0.1) is 0 Å². The van der Waals surface area contributed by atoms with Gasteiger partial charge in [-0.3, -0.25) is 0 Å². The van der Waals surface area contributed by atoms with Gasteiger partial charge in [0.15, 0.2) is 6.73 Å². The minimum Gasteiger partial charge on any atom is -0.473 e. The summed E-state index contributed by atoms with van der Waals surface area (Å²) in [6.07, 6.45) is 0.812. The zero-order valence-corrected chi connectivity index (χ0v) is 13.1. The topological polar surface area (TPSA) is 50.4 Å². The van der Waals surface area contributed by atoms with E-state index in [1.165, 1.54) is 11.1 Å². The number of urea groups is 1. The van der Waals surface area contributed by atoms with E-state index in [1.54, 1.807) is 0 Å². The molecule has 4 nitrogen and oxygen atoms in total. The summed E-state index contributed by atoms with van der Waals surface area (Å²) in [7, 11) is 0. The lowest BCUT2D eigenvalue weighted by atomic mass is 10.1. The van der Waals surface area contributed by atoms with E-state index in [9.17, 15) is 4.79 Å². The van der Waals surface area contributed by atoms with Crippen LogP contribution in [-0.4, -0.2) is 19.3 Å². The number of carbonyl (C=O) groups excluding carboxylic acids is 1. The van der Waals surface area contributed by atoms with Gasteiger partial charge in [-0.25, -0.2) is 4.79 Å². The van der Waals surface area contributed by atoms with Crippen LogP contribution >= 0.6 is 0 Å². The number of rotatable bonds is 6. The van der Waals surface area contributed by atoms with Crippen LogP contribution in [0.1, 0.15) is 16.7 Å². The molecule has 2 amide bonds. The van der Waals surface area contributed by atoms with E-state index in [4.69, 9.17) is 4.74 Å². The highest BCUT2D eigenvalue weighted by Crippen LogP contribution is 2.19. The van der Waals surface area contributed by atoms with Gasteiger partial charge in [-0.05, 0) is 43.0 Å². The minimum absolute atomic E-state index is 0.154. The van der Waals surface area contributed by atoms with E-state index in [-0.39, 0.29) is 12.8 Å². The highest BCUT2D eigenvalue weighted by Gasteiger charge is 2.03. The Kier molecular flexibility index (Phi) is 5.83. The van der Waals surface area contributed by atoms with Crippen LogP contribution in [0.3, 0.4) is 0 Å². The summed E-state index contributed by atoms with van der Waals surface area (Å²) in [6, 6.07) is 15.7. The molecule has 2 N–H and O–H groups in total. The number of hydrogen-bond donors (Lipinski definition) is 2. The molecule has 0 saturated heterocycles. The SMILES string of the molecule is Cc1cccc(OCNC(=O)NCCc2ccccc2)c1C. The fourth-order valence-electron chi connectivity index (χ4n) is 2.09. The molecular weight excluding hydrogens is 276 g/mol. The van der Waals surface area contributed by atoms with Gasteiger partial charge < -0.3 is 15.4 Å². The summed E-state index contributed by atoms with van der Waals surface area (Å²) in [5.41, 5.74) is 3.47. The second-order valence-corrected chi connectivity index (χ2v) is 5.15. The highest BCUT2D eigenvalue weighted by molar-refractivity contribution is 5.73. The third-order valence-corrected chi connectivity index (χ3v) is 3.56. The van der Waals surface area contributed by atoms with E-state index >= 15 is 0 Å². The molecule has 2 rings (SSSR count). The Labute approximate surface area is 131 Å². The maximum atomic E-state index is 11.7. The lowest BCUT2D eigenvalue weighted by Gasteiger charge is -2.12. The molecule has 4 heteroatoms. The van der Waals surface area contributed by atoms with Gasteiger partial charge in [-0.2, -0.15) is 0 Å². The predicted octanol–water partition coefficient (Wildman–Crippen LogP) is 3.18. The van der Waals surface area contributed by atoms with Crippen LogP contribution in [0.2, 0.25) is 0 Å². The Morgan fingerprint density at radius 1 is 1.00 bits per heavy atom. The Morgan fingerprint density at radius 2 is 1.77 bits per heavy atom. The largest absolute Gasteiger partial charge is 0.473 e. The standard InChI is InChI=1S/C18H22N2O2/c1-14-7-6-10-17(15(14)2)22-13-20-18(21)19-12-11-16-8-4-3-5-9-16/h3-10H,11-13H2,1-2H3,(H2,19,20,21). The van der Waals surface area contributed by atoms with Crippen molar-refractivity contribution in [2.45, 2.75) is 20.3 Å². The van der Waals surface area contributed by atoms with Crippen LogP contribution in [-0.2, 0) is 6.42 Å². The summed E-state index contributed by atoms with van der Waals surface area (Å²) in [4.78, 5) is 11.7. The van der Waals surface area contributed by atoms with Crippen molar-refractivity contribution in [1.82, 2.24) is 10.6 Å². The number of benzene rings is 2. The van der Waals surface area contributed by atoms with Crippen molar-refractivity contribution in [2.24, 2.45) is 0 Å². The van der Waals surface area contributed by atoms with Crippen LogP contribution in [0.5, 0.6) is 5.75 Å². The molecule has 116 valence electrons. The Bertz CT molecular complexity index is 612. The number of ether oxygens (including phenoxy) is 1. The quantitative estimate of drug-likeness (QED) is 0.805. The van der Waals surface area contributed by atoms with Crippen molar-refractivity contribution >= 4 is 6.03 Å². The molecule has 0 unspecified atom stereocenters. The van der Waals surface area contributed by atoms with E-state index in [2.05, 4.69) is 10.6 Å². The summed E-state index contributed by atoms with van der Waals surface area (Å²) in [6.45, 7) is 4.79. The first-order valence-corrected chi connectivity index (χ1v) is 7.41. The van der Waals surface area contributed by atoms with E-state index in [0.717, 1.165) is 17.7 Å². The smallest absolute Gasteiger partial charge is 0.317 e. The van der Waals surface area contributed by atoms with Crippen LogP contribution in [0.15, 0.2) is 48.5 Å². The second-order valence-electron chi connectivity index (χ2n) is 5.15. The normalized spacial score (nSPS) is 10.1. The summed E-state index contributed by atoms with van der Waals surface area (Å²) in [5, 5.41) is 5.51. The van der Waals surface area contributed by atoms with Crippen molar-refractivity contribution in [3.8, 4) is 5.75 Å². The fourth-order valence-corrected chi connectivity index (χ4v) is 2.09. The number of nitrogens with one attached hydrogen (secondary N) is 2. The maximum Gasteiger partial charge on any atom is 0.317 e. The predicted molar refractivity (Wildman–Crippen MR) is 88.1 cm³/mol. The summed E-state index contributed by atoms with van der Waals surface area (Å²) < 4.78 is 5.58. The zero-order chi connectivity index (χ0) is 15.8. The van der Waals surface area contributed by atoms with E-state index in [1.807, 2.05) is 62.4 Å². The molecule has 0 aliphatic rings. The Hall–Kier alpha value is -2.49. The monoisotopic (exact) mass is 298 g/mol. The molecule has 0 aromatic heterocycles. The average molecular weight is 298 g/mol. The molecule has 0 fully saturated rings. The summed E-state index contributed by atoms with van der Waals surface area (Å²) >= 11 is 0. The molecule has 0 heterocycles. The lowest BCUT2D eigenvalue weighted by Crippen LogP contribution is -2.38. The lowest BCUT2D eigenvalue weighted by molar-refractivity contribution is 0.224. The number of hydrogen-bond acceptors (Lipinski definition) is 2. The van der Waals surface area contributed by atoms with Crippen molar-refractivity contribution in [1.29, 1.82) is 0 Å². The Balaban J connectivity index is 1.66. The molecule has 0 aliphatic heterocycles. The number of amides is 2. The van der Waals surface area contributed by atoms with Crippen LogP contribution in [0.4, 0.5) is 4.79 Å². The van der Waals surface area contributed by atoms with E-state index < -0.39 is 0 Å². The zero-order valence-electron chi connectivity index (χ0n) is 13.1. The molecule has 2 aromatic carbocycles. The van der Waals surface area contributed by atoms with Crippen molar-refractivity contribution in [2.75, 3.05) is 13.3 Å². The minimum atomic E-state index is -0.221. The molecule has 0 radical (unpaired) electrons. The highest BCUT2D eigenvalue weighted by atomic mass is 16.5. The van der Waals surface area contributed by atoms with Crippen LogP contribution < -0.4 is 15.4 Å². The van der Waals surface area contributed by atoms with Crippen LogP contribution in [0, 0.1) is 13.8 Å². The first kappa shape index (κ1) is 15.9. The molecule has 22 heavy (non-hydrogen) atoms. The van der Waals surface area contributed by atoms with Gasteiger partial charge in [0.25, 0.3) is 0 Å². The molecule has 0 spiro atoms. The first-order valence-electron chi connectivity index (χ1n) is 7.41. The van der Waals surface area contributed by atoms with Crippen LogP contribution in [0.25, 0.3) is 0 Å². The van der Waals surface area contributed by atoms with Crippen molar-refractivity contribution in [3.05, 3.63) is 65.2 Å². The van der Waals surface area contributed by atoms with E-state index in [0.29, 0.717) is 6.54 Å². The third kappa shape index (κ3) is 4.81. The Morgan fingerprint density at radius 3 is 2.55 bits per heavy atom. The average Bonchev–Trinajstić information content (AvgIpc) is 2.52. The third-order valence-electron chi connectivity index (χ3n) is 3.56. The molecule has 0 saturated carbocycles. The fraction of sp³-hybridized carbons (Fsp3) is 0.278. The van der Waals surface area contributed by atoms with Crippen molar-refractivity contribution < 1.29 is 9.53 Å². The molecule has 0 bridgehead atoms. The number of carbonyl (C=O) groups is 1. The first-order chi connectivity index (χ1) is 10.7. The molecular formula is C18H22N2O2. The van der Waals surface area contributed by atoms with Gasteiger partial charge >= 0.3 is 6.03 Å². The van der Waals surface area contributed by atoms with Gasteiger partial charge in [-0.15, -0.1) is 0 Å². The molecule has 0 atom stereocenters. The molecule has 2 aromatic rings. The van der Waals surface area contributed by atoms with Gasteiger partial charge in [-0.1, -0.05) is 42.5 Å². The number of aryl methyl sites for hydroxylation is 1.